The topological polar surface area (TPSA) is 112 Å². The summed E-state index contributed by atoms with van der Waals surface area (Å²) >= 11 is 0. The molecule has 9 heteroatoms. The largest absolute Gasteiger partial charge is 0.497 e. The molecule has 0 saturated heterocycles. The third-order valence-electron chi connectivity index (χ3n) is 4.18. The average molecular weight is 388 g/mol. The minimum atomic E-state index is -1.02. The molecule has 9 nitrogen and oxygen atoms in total. The van der Waals surface area contributed by atoms with Gasteiger partial charge < -0.3 is 20.1 Å². The predicted octanol–water partition coefficient (Wildman–Crippen LogP) is 1.35. The highest BCUT2D eigenvalue weighted by atomic mass is 16.5. The van der Waals surface area contributed by atoms with E-state index < -0.39 is 23.9 Å². The summed E-state index contributed by atoms with van der Waals surface area (Å²) in [4.78, 5) is 36.2. The highest BCUT2D eigenvalue weighted by Gasteiger charge is 2.21. The van der Waals surface area contributed by atoms with E-state index in [1.807, 2.05) is 6.92 Å². The van der Waals surface area contributed by atoms with Crippen molar-refractivity contribution in [1.29, 1.82) is 0 Å². The van der Waals surface area contributed by atoms with E-state index in [9.17, 15) is 14.4 Å². The zero-order chi connectivity index (χ0) is 20.8. The molecule has 1 aromatic carbocycles. The lowest BCUT2D eigenvalue weighted by atomic mass is 10.2. The number of hydrogen-bond donors (Lipinski definition) is 2. The number of rotatable bonds is 7. The van der Waals surface area contributed by atoms with Crippen LogP contribution in [0.1, 0.15) is 28.7 Å². The SMILES string of the molecule is COc1ccc(C(=O)NCC(=O)O[C@@H](C)C(=O)Nc2c(C)nn(C)c2C)cc1. The molecule has 0 fully saturated rings. The van der Waals surface area contributed by atoms with Crippen molar-refractivity contribution in [2.24, 2.45) is 7.05 Å². The third kappa shape index (κ3) is 5.09. The molecule has 1 aromatic heterocycles. The molecule has 2 amide bonds. The number of carbonyl (C=O) groups excluding carboxylic acids is 3. The van der Waals surface area contributed by atoms with E-state index >= 15 is 0 Å². The van der Waals surface area contributed by atoms with Crippen molar-refractivity contribution in [2.45, 2.75) is 26.9 Å². The van der Waals surface area contributed by atoms with Gasteiger partial charge >= 0.3 is 5.97 Å². The van der Waals surface area contributed by atoms with Crippen LogP contribution in [-0.2, 0) is 21.4 Å². The standard InChI is InChI=1S/C19H24N4O5/c1-11-17(12(2)23(4)22-11)21-18(25)13(3)28-16(24)10-20-19(26)14-6-8-15(27-5)9-7-14/h6-9,13H,10H2,1-5H3,(H,20,26)(H,21,25)/t13-/m0/s1. The number of anilines is 1. The highest BCUT2D eigenvalue weighted by Crippen LogP contribution is 2.18. The van der Waals surface area contributed by atoms with E-state index in [0.29, 0.717) is 22.7 Å². The van der Waals surface area contributed by atoms with E-state index in [2.05, 4.69) is 15.7 Å². The Morgan fingerprint density at radius 1 is 1.18 bits per heavy atom. The number of aryl methyl sites for hydroxylation is 2. The summed E-state index contributed by atoms with van der Waals surface area (Å²) in [5.74, 6) is -1.01. The Hall–Kier alpha value is -3.36. The minimum absolute atomic E-state index is 0.354. The van der Waals surface area contributed by atoms with Crippen LogP contribution in [-0.4, -0.2) is 47.3 Å². The van der Waals surface area contributed by atoms with Crippen molar-refractivity contribution in [3.8, 4) is 5.75 Å². The monoisotopic (exact) mass is 388 g/mol. The molecular weight excluding hydrogens is 364 g/mol. The summed E-state index contributed by atoms with van der Waals surface area (Å²) in [6.45, 7) is 4.70. The van der Waals surface area contributed by atoms with Gasteiger partial charge in [-0.25, -0.2) is 0 Å². The highest BCUT2D eigenvalue weighted by molar-refractivity contribution is 5.97. The Kier molecular flexibility index (Phi) is 6.75. The smallest absolute Gasteiger partial charge is 0.326 e. The number of hydrogen-bond acceptors (Lipinski definition) is 6. The molecule has 1 atom stereocenters. The molecule has 2 rings (SSSR count). The number of benzene rings is 1. The fraction of sp³-hybridized carbons (Fsp3) is 0.368. The summed E-state index contributed by atoms with van der Waals surface area (Å²) in [5, 5.41) is 9.37. The van der Waals surface area contributed by atoms with Gasteiger partial charge in [0.05, 0.1) is 24.2 Å². The molecule has 0 radical (unpaired) electrons. The van der Waals surface area contributed by atoms with Gasteiger partial charge in [0.1, 0.15) is 12.3 Å². The first kappa shape index (κ1) is 20.9. The molecule has 0 spiro atoms. The molecule has 0 aliphatic rings. The summed E-state index contributed by atoms with van der Waals surface area (Å²) in [5.41, 5.74) is 2.42. The van der Waals surface area contributed by atoms with E-state index in [-0.39, 0.29) is 6.54 Å². The van der Waals surface area contributed by atoms with Gasteiger partial charge in [0.25, 0.3) is 11.8 Å². The Morgan fingerprint density at radius 2 is 1.82 bits per heavy atom. The van der Waals surface area contributed by atoms with Crippen molar-refractivity contribution in [3.05, 3.63) is 41.2 Å². The fourth-order valence-corrected chi connectivity index (χ4v) is 2.47. The Balaban J connectivity index is 1.84. The molecule has 0 aliphatic carbocycles. The Morgan fingerprint density at radius 3 is 2.36 bits per heavy atom. The second-order valence-electron chi connectivity index (χ2n) is 6.20. The van der Waals surface area contributed by atoms with E-state index in [1.54, 1.807) is 42.9 Å². The van der Waals surface area contributed by atoms with Crippen LogP contribution in [0.15, 0.2) is 24.3 Å². The van der Waals surface area contributed by atoms with Gasteiger partial charge in [-0.3, -0.25) is 19.1 Å². The molecule has 0 aliphatic heterocycles. The van der Waals surface area contributed by atoms with E-state index in [1.165, 1.54) is 14.0 Å². The van der Waals surface area contributed by atoms with Crippen LogP contribution < -0.4 is 15.4 Å². The summed E-state index contributed by atoms with van der Waals surface area (Å²) in [6.07, 6.45) is -1.02. The maximum atomic E-state index is 12.3. The lowest BCUT2D eigenvalue weighted by molar-refractivity contribution is -0.152. The van der Waals surface area contributed by atoms with Gasteiger partial charge in [0, 0.05) is 12.6 Å². The van der Waals surface area contributed by atoms with E-state index in [0.717, 1.165) is 5.69 Å². The first-order valence-electron chi connectivity index (χ1n) is 8.65. The molecule has 28 heavy (non-hydrogen) atoms. The minimum Gasteiger partial charge on any atom is -0.497 e. The number of amides is 2. The van der Waals surface area contributed by atoms with Gasteiger partial charge in [0.15, 0.2) is 6.10 Å². The van der Waals surface area contributed by atoms with Crippen LogP contribution in [0.25, 0.3) is 0 Å². The zero-order valence-corrected chi connectivity index (χ0v) is 16.5. The molecule has 150 valence electrons. The first-order chi connectivity index (χ1) is 13.2. The molecular formula is C19H24N4O5. The quantitative estimate of drug-likeness (QED) is 0.693. The number of esters is 1. The summed E-state index contributed by atoms with van der Waals surface area (Å²) in [6, 6.07) is 6.44. The number of carbonyl (C=O) groups is 3. The van der Waals surface area contributed by atoms with Gasteiger partial charge in [-0.15, -0.1) is 0 Å². The molecule has 2 aromatic rings. The molecule has 0 unspecified atom stereocenters. The van der Waals surface area contributed by atoms with Crippen LogP contribution in [0.3, 0.4) is 0 Å². The summed E-state index contributed by atoms with van der Waals surface area (Å²) in [7, 11) is 3.30. The van der Waals surface area contributed by atoms with Crippen molar-refractivity contribution in [2.75, 3.05) is 19.0 Å². The number of aromatic nitrogens is 2. The number of methoxy groups -OCH3 is 1. The molecule has 0 bridgehead atoms. The zero-order valence-electron chi connectivity index (χ0n) is 16.5. The van der Waals surface area contributed by atoms with Gasteiger partial charge in [-0.2, -0.15) is 5.10 Å². The van der Waals surface area contributed by atoms with Crippen molar-refractivity contribution >= 4 is 23.5 Å². The van der Waals surface area contributed by atoms with Gasteiger partial charge in [0.2, 0.25) is 0 Å². The van der Waals surface area contributed by atoms with Crippen molar-refractivity contribution in [1.82, 2.24) is 15.1 Å². The van der Waals surface area contributed by atoms with Crippen LogP contribution in [0.5, 0.6) is 5.75 Å². The van der Waals surface area contributed by atoms with Crippen LogP contribution >= 0.6 is 0 Å². The lowest BCUT2D eigenvalue weighted by Gasteiger charge is -2.14. The van der Waals surface area contributed by atoms with Gasteiger partial charge in [-0.05, 0) is 45.0 Å². The maximum absolute atomic E-state index is 12.3. The van der Waals surface area contributed by atoms with Crippen LogP contribution in [0.4, 0.5) is 5.69 Å². The lowest BCUT2D eigenvalue weighted by Crippen LogP contribution is -2.36. The number of nitrogens with one attached hydrogen (secondary N) is 2. The number of ether oxygens (including phenoxy) is 2. The first-order valence-corrected chi connectivity index (χ1v) is 8.65. The van der Waals surface area contributed by atoms with Crippen molar-refractivity contribution < 1.29 is 23.9 Å². The predicted molar refractivity (Wildman–Crippen MR) is 102 cm³/mol. The maximum Gasteiger partial charge on any atom is 0.326 e. The third-order valence-corrected chi connectivity index (χ3v) is 4.18. The molecule has 2 N–H and O–H groups in total. The Labute approximate surface area is 163 Å². The second kappa shape index (κ2) is 9.03. The number of nitrogens with zero attached hydrogens (tertiary/aromatic N) is 2. The van der Waals surface area contributed by atoms with Crippen LogP contribution in [0.2, 0.25) is 0 Å². The summed E-state index contributed by atoms with van der Waals surface area (Å²) < 4.78 is 11.8. The second-order valence-corrected chi connectivity index (χ2v) is 6.20. The fourth-order valence-electron chi connectivity index (χ4n) is 2.47. The van der Waals surface area contributed by atoms with Crippen molar-refractivity contribution in [3.63, 3.8) is 0 Å². The average Bonchev–Trinajstić information content (AvgIpc) is 2.92. The van der Waals surface area contributed by atoms with Crippen LogP contribution in [0, 0.1) is 13.8 Å². The van der Waals surface area contributed by atoms with Gasteiger partial charge in [-0.1, -0.05) is 0 Å². The molecule has 1 heterocycles. The van der Waals surface area contributed by atoms with E-state index in [4.69, 9.17) is 9.47 Å². The normalized spacial score (nSPS) is 11.5. The molecule has 0 saturated carbocycles. The Bertz CT molecular complexity index is 873.